The molecule has 8 heteroatoms. The number of benzene rings is 3. The van der Waals surface area contributed by atoms with Gasteiger partial charge in [0, 0.05) is 17.4 Å². The lowest BCUT2D eigenvalue weighted by Crippen LogP contribution is -2.27. The molecular weight excluding hydrogens is 444 g/mol. The third-order valence-corrected chi connectivity index (χ3v) is 8.00. The first kappa shape index (κ1) is 21.9. The van der Waals surface area contributed by atoms with Crippen molar-refractivity contribution in [3.05, 3.63) is 83.2 Å². The number of rotatable bonds is 6. The number of nitrogens with zero attached hydrogens (tertiary/aromatic N) is 1. The molecule has 32 heavy (non-hydrogen) atoms. The van der Waals surface area contributed by atoms with Crippen molar-refractivity contribution in [2.24, 2.45) is 0 Å². The van der Waals surface area contributed by atoms with Crippen LogP contribution in [0.4, 0.5) is 11.4 Å². The van der Waals surface area contributed by atoms with Crippen LogP contribution in [0.25, 0.3) is 10.1 Å². The van der Waals surface area contributed by atoms with Crippen LogP contribution in [0, 0.1) is 6.92 Å². The number of ether oxygens (including phenoxy) is 1. The molecule has 0 aliphatic carbocycles. The van der Waals surface area contributed by atoms with Crippen LogP contribution in [0.3, 0.4) is 0 Å². The fourth-order valence-corrected chi connectivity index (χ4v) is 5.69. The Kier molecular flexibility index (Phi) is 5.90. The van der Waals surface area contributed by atoms with E-state index in [0.29, 0.717) is 22.0 Å². The lowest BCUT2D eigenvalue weighted by molar-refractivity contribution is 0.103. The normalized spacial score (nSPS) is 11.3. The minimum absolute atomic E-state index is 0.107. The van der Waals surface area contributed by atoms with Crippen molar-refractivity contribution in [1.82, 2.24) is 0 Å². The van der Waals surface area contributed by atoms with Crippen molar-refractivity contribution in [2.45, 2.75) is 11.8 Å². The van der Waals surface area contributed by atoms with E-state index in [2.05, 4.69) is 5.32 Å². The van der Waals surface area contributed by atoms with E-state index in [1.54, 1.807) is 36.4 Å². The fourth-order valence-electron chi connectivity index (χ4n) is 3.32. The van der Waals surface area contributed by atoms with Gasteiger partial charge in [-0.1, -0.05) is 24.3 Å². The van der Waals surface area contributed by atoms with E-state index in [-0.39, 0.29) is 10.8 Å². The zero-order valence-electron chi connectivity index (χ0n) is 17.8. The summed E-state index contributed by atoms with van der Waals surface area (Å²) in [5.41, 5.74) is 2.03. The Morgan fingerprint density at radius 2 is 1.75 bits per heavy atom. The van der Waals surface area contributed by atoms with Crippen LogP contribution in [0.15, 0.2) is 77.7 Å². The summed E-state index contributed by atoms with van der Waals surface area (Å²) < 4.78 is 34.0. The Labute approximate surface area is 191 Å². The standard InChI is InChI=1S/C24H22N2O4S2/c1-16-9-11-20(30-3)23(13-16)32(28,29)26(2)19-10-12-21-17(14-19)15-22(31-21)24(27)25-18-7-5-4-6-8-18/h4-15H,1-3H3,(H,25,27). The molecular formula is C24H22N2O4S2. The smallest absolute Gasteiger partial charge is 0.267 e. The van der Waals surface area contributed by atoms with Gasteiger partial charge in [0.2, 0.25) is 0 Å². The fraction of sp³-hybridized carbons (Fsp3) is 0.125. The number of nitrogens with one attached hydrogen (secondary N) is 1. The number of fused-ring (bicyclic) bond motifs is 1. The predicted octanol–water partition coefficient (Wildman–Crippen LogP) is 5.30. The summed E-state index contributed by atoms with van der Waals surface area (Å²) in [6, 6.07) is 21.4. The summed E-state index contributed by atoms with van der Waals surface area (Å²) in [5.74, 6) is 0.0864. The molecule has 0 fully saturated rings. The molecule has 0 bridgehead atoms. The van der Waals surface area contributed by atoms with Crippen LogP contribution in [0.1, 0.15) is 15.2 Å². The van der Waals surface area contributed by atoms with Crippen LogP contribution >= 0.6 is 11.3 Å². The second-order valence-electron chi connectivity index (χ2n) is 7.28. The molecule has 0 unspecified atom stereocenters. The van der Waals surface area contributed by atoms with Gasteiger partial charge in [0.15, 0.2) is 0 Å². The largest absolute Gasteiger partial charge is 0.495 e. The van der Waals surface area contributed by atoms with Crippen LogP contribution in [-0.2, 0) is 10.0 Å². The average Bonchev–Trinajstić information content (AvgIpc) is 3.23. The minimum Gasteiger partial charge on any atom is -0.495 e. The molecule has 1 aromatic heterocycles. The Morgan fingerprint density at radius 1 is 1.00 bits per heavy atom. The number of hydrogen-bond acceptors (Lipinski definition) is 5. The summed E-state index contributed by atoms with van der Waals surface area (Å²) in [6.45, 7) is 1.83. The van der Waals surface area contributed by atoms with E-state index in [0.717, 1.165) is 15.6 Å². The highest BCUT2D eigenvalue weighted by molar-refractivity contribution is 7.93. The molecule has 4 rings (SSSR count). The summed E-state index contributed by atoms with van der Waals surface area (Å²) in [5, 5.41) is 3.67. The number of amides is 1. The van der Waals surface area contributed by atoms with Gasteiger partial charge >= 0.3 is 0 Å². The van der Waals surface area contributed by atoms with Crippen molar-refractivity contribution in [1.29, 1.82) is 0 Å². The summed E-state index contributed by atoms with van der Waals surface area (Å²) in [4.78, 5) is 13.3. The molecule has 0 radical (unpaired) electrons. The molecule has 0 aliphatic heterocycles. The molecule has 3 aromatic carbocycles. The number of methoxy groups -OCH3 is 1. The molecule has 0 aliphatic rings. The third-order valence-electron chi connectivity index (χ3n) is 5.08. The van der Waals surface area contributed by atoms with Gasteiger partial charge in [-0.05, 0) is 66.4 Å². The monoisotopic (exact) mass is 466 g/mol. The Morgan fingerprint density at radius 3 is 2.47 bits per heavy atom. The maximum absolute atomic E-state index is 13.3. The number of carbonyl (C=O) groups excluding carboxylic acids is 1. The molecule has 164 valence electrons. The van der Waals surface area contributed by atoms with Crippen molar-refractivity contribution >= 4 is 48.7 Å². The predicted molar refractivity (Wildman–Crippen MR) is 130 cm³/mol. The molecule has 1 heterocycles. The number of anilines is 2. The van der Waals surface area contributed by atoms with Gasteiger partial charge in [-0.25, -0.2) is 8.42 Å². The maximum atomic E-state index is 13.3. The first-order valence-electron chi connectivity index (χ1n) is 9.83. The van der Waals surface area contributed by atoms with Gasteiger partial charge in [0.05, 0.1) is 17.7 Å². The van der Waals surface area contributed by atoms with E-state index in [1.165, 1.54) is 29.8 Å². The van der Waals surface area contributed by atoms with Crippen LogP contribution in [0.2, 0.25) is 0 Å². The van der Waals surface area contributed by atoms with Gasteiger partial charge in [0.1, 0.15) is 10.6 Å². The third kappa shape index (κ3) is 4.19. The van der Waals surface area contributed by atoms with Gasteiger partial charge < -0.3 is 10.1 Å². The number of sulfonamides is 1. The summed E-state index contributed by atoms with van der Waals surface area (Å²) in [6.07, 6.45) is 0. The Balaban J connectivity index is 1.65. The molecule has 0 spiro atoms. The van der Waals surface area contributed by atoms with Crippen molar-refractivity contribution < 1.29 is 17.9 Å². The zero-order chi connectivity index (χ0) is 22.9. The van der Waals surface area contributed by atoms with Gasteiger partial charge in [-0.2, -0.15) is 0 Å². The second-order valence-corrected chi connectivity index (χ2v) is 10.3. The first-order chi connectivity index (χ1) is 15.3. The lowest BCUT2D eigenvalue weighted by Gasteiger charge is -2.21. The number of carbonyl (C=O) groups is 1. The quantitative estimate of drug-likeness (QED) is 0.419. The summed E-state index contributed by atoms with van der Waals surface area (Å²) >= 11 is 1.36. The molecule has 0 saturated heterocycles. The number of thiophene rings is 1. The maximum Gasteiger partial charge on any atom is 0.267 e. The number of hydrogen-bond donors (Lipinski definition) is 1. The lowest BCUT2D eigenvalue weighted by atomic mass is 10.2. The minimum atomic E-state index is -3.84. The first-order valence-corrected chi connectivity index (χ1v) is 12.1. The van der Waals surface area contributed by atoms with E-state index < -0.39 is 10.0 Å². The highest BCUT2D eigenvalue weighted by Crippen LogP contribution is 2.33. The van der Waals surface area contributed by atoms with Crippen molar-refractivity contribution in [3.8, 4) is 5.75 Å². The van der Waals surface area contributed by atoms with Gasteiger partial charge in [-0.15, -0.1) is 11.3 Å². The second kappa shape index (κ2) is 8.64. The zero-order valence-corrected chi connectivity index (χ0v) is 19.5. The SMILES string of the molecule is COc1ccc(C)cc1S(=O)(=O)N(C)c1ccc2sc(C(=O)Nc3ccccc3)cc2c1. The van der Waals surface area contributed by atoms with Crippen LogP contribution in [-0.4, -0.2) is 28.5 Å². The van der Waals surface area contributed by atoms with E-state index in [1.807, 2.05) is 43.3 Å². The van der Waals surface area contributed by atoms with Crippen molar-refractivity contribution in [2.75, 3.05) is 23.8 Å². The molecule has 1 amide bonds. The van der Waals surface area contributed by atoms with Crippen LogP contribution < -0.4 is 14.4 Å². The molecule has 6 nitrogen and oxygen atoms in total. The summed E-state index contributed by atoms with van der Waals surface area (Å²) in [7, 11) is -0.889. The van der Waals surface area contributed by atoms with Crippen molar-refractivity contribution in [3.63, 3.8) is 0 Å². The number of aryl methyl sites for hydroxylation is 1. The van der Waals surface area contributed by atoms with E-state index in [4.69, 9.17) is 4.74 Å². The van der Waals surface area contributed by atoms with Crippen LogP contribution in [0.5, 0.6) is 5.75 Å². The van der Waals surface area contributed by atoms with E-state index >= 15 is 0 Å². The Bertz CT molecular complexity index is 1400. The van der Waals surface area contributed by atoms with Gasteiger partial charge in [-0.3, -0.25) is 9.10 Å². The number of para-hydroxylation sites is 1. The highest BCUT2D eigenvalue weighted by atomic mass is 32.2. The topological polar surface area (TPSA) is 75.7 Å². The Hall–Kier alpha value is -3.36. The molecule has 0 atom stereocenters. The molecule has 0 saturated carbocycles. The van der Waals surface area contributed by atoms with E-state index in [9.17, 15) is 13.2 Å². The van der Waals surface area contributed by atoms with Gasteiger partial charge in [0.25, 0.3) is 15.9 Å². The molecule has 1 N–H and O–H groups in total. The molecule has 4 aromatic rings. The highest BCUT2D eigenvalue weighted by Gasteiger charge is 2.26. The average molecular weight is 467 g/mol.